The van der Waals surface area contributed by atoms with Gasteiger partial charge < -0.3 is 4.74 Å². The van der Waals surface area contributed by atoms with Crippen molar-refractivity contribution in [3.05, 3.63) is 41.2 Å². The van der Waals surface area contributed by atoms with Gasteiger partial charge in [0.05, 0.1) is 23.6 Å². The minimum Gasteiger partial charge on any atom is -0.462 e. The third-order valence-corrected chi connectivity index (χ3v) is 2.97. The summed E-state index contributed by atoms with van der Waals surface area (Å²) in [6.45, 7) is 4.26. The first-order valence-corrected chi connectivity index (χ1v) is 6.83. The third-order valence-electron chi connectivity index (χ3n) is 2.97. The lowest BCUT2D eigenvalue weighted by Crippen LogP contribution is -2.08. The Hall–Kier alpha value is -2.68. The molecule has 0 radical (unpaired) electrons. The molecule has 2 aromatic rings. The van der Waals surface area contributed by atoms with Crippen LogP contribution in [0.15, 0.2) is 24.3 Å². The van der Waals surface area contributed by atoms with Gasteiger partial charge in [-0.2, -0.15) is 5.26 Å². The van der Waals surface area contributed by atoms with E-state index in [2.05, 4.69) is 10.3 Å². The number of carbonyl (C=O) groups is 1. The second-order valence-corrected chi connectivity index (χ2v) is 4.45. The van der Waals surface area contributed by atoms with Crippen molar-refractivity contribution in [1.29, 1.82) is 5.26 Å². The zero-order valence-electron chi connectivity index (χ0n) is 12.0. The maximum atomic E-state index is 11.9. The molecule has 0 fully saturated rings. The quantitative estimate of drug-likeness (QED) is 0.787. The number of nitrogens with zero attached hydrogens (tertiary/aromatic N) is 4. The van der Waals surface area contributed by atoms with Crippen molar-refractivity contribution in [3.63, 3.8) is 0 Å². The topological polar surface area (TPSA) is 80.8 Å². The molecule has 108 valence electrons. The van der Waals surface area contributed by atoms with Crippen molar-refractivity contribution >= 4 is 5.97 Å². The standard InChI is InChI=1S/C15H16N4O2/c1-3-8-21-15(20)11-6-5-7-12(9-11)19-14(4-2)13(10-16)17-18-19/h5-7,9H,3-4,8H2,1-2H3. The van der Waals surface area contributed by atoms with Gasteiger partial charge in [-0.05, 0) is 31.0 Å². The Morgan fingerprint density at radius 2 is 2.24 bits per heavy atom. The zero-order chi connectivity index (χ0) is 15.2. The molecule has 0 bridgehead atoms. The maximum Gasteiger partial charge on any atom is 0.338 e. The summed E-state index contributed by atoms with van der Waals surface area (Å²) in [6.07, 6.45) is 1.40. The lowest BCUT2D eigenvalue weighted by molar-refractivity contribution is 0.0505. The Labute approximate surface area is 123 Å². The molecule has 0 atom stereocenters. The summed E-state index contributed by atoms with van der Waals surface area (Å²) in [4.78, 5) is 11.9. The molecule has 21 heavy (non-hydrogen) atoms. The predicted octanol–water partition coefficient (Wildman–Crippen LogP) is 2.27. The SMILES string of the molecule is CCCOC(=O)c1cccc(-n2nnc(C#N)c2CC)c1. The van der Waals surface area contributed by atoms with Crippen molar-refractivity contribution in [1.82, 2.24) is 15.0 Å². The number of rotatable bonds is 5. The Bertz CT molecular complexity index is 685. The van der Waals surface area contributed by atoms with Crippen LogP contribution < -0.4 is 0 Å². The highest BCUT2D eigenvalue weighted by atomic mass is 16.5. The van der Waals surface area contributed by atoms with Crippen LogP contribution in [0.2, 0.25) is 0 Å². The largest absolute Gasteiger partial charge is 0.462 e. The van der Waals surface area contributed by atoms with Crippen LogP contribution in [-0.2, 0) is 11.2 Å². The number of aromatic nitrogens is 3. The second-order valence-electron chi connectivity index (χ2n) is 4.45. The molecule has 6 heteroatoms. The van der Waals surface area contributed by atoms with Crippen LogP contribution in [0.3, 0.4) is 0 Å². The van der Waals surface area contributed by atoms with Crippen LogP contribution in [0.25, 0.3) is 5.69 Å². The fourth-order valence-corrected chi connectivity index (χ4v) is 1.96. The number of ether oxygens (including phenoxy) is 1. The van der Waals surface area contributed by atoms with Gasteiger partial charge in [0.25, 0.3) is 0 Å². The molecule has 0 saturated heterocycles. The summed E-state index contributed by atoms with van der Waals surface area (Å²) in [5, 5.41) is 16.8. The van der Waals surface area contributed by atoms with Gasteiger partial charge in [0.1, 0.15) is 6.07 Å². The van der Waals surface area contributed by atoms with Crippen LogP contribution in [0.4, 0.5) is 0 Å². The highest BCUT2D eigenvalue weighted by Gasteiger charge is 2.14. The van der Waals surface area contributed by atoms with Crippen molar-refractivity contribution in [2.75, 3.05) is 6.61 Å². The van der Waals surface area contributed by atoms with E-state index >= 15 is 0 Å². The van der Waals surface area contributed by atoms with Crippen LogP contribution in [-0.4, -0.2) is 27.6 Å². The first kappa shape index (κ1) is 14.7. The average Bonchev–Trinajstić information content (AvgIpc) is 2.95. The van der Waals surface area contributed by atoms with Gasteiger partial charge in [0.2, 0.25) is 0 Å². The van der Waals surface area contributed by atoms with Crippen LogP contribution in [0, 0.1) is 11.3 Å². The van der Waals surface area contributed by atoms with E-state index in [-0.39, 0.29) is 5.97 Å². The fourth-order valence-electron chi connectivity index (χ4n) is 1.96. The summed E-state index contributed by atoms with van der Waals surface area (Å²) in [6, 6.07) is 8.96. The first-order valence-electron chi connectivity index (χ1n) is 6.83. The van der Waals surface area contributed by atoms with Gasteiger partial charge in [0.15, 0.2) is 5.69 Å². The molecule has 0 aliphatic heterocycles. The molecule has 1 aromatic heterocycles. The van der Waals surface area contributed by atoms with E-state index in [0.717, 1.165) is 12.1 Å². The van der Waals surface area contributed by atoms with Gasteiger partial charge >= 0.3 is 5.97 Å². The Balaban J connectivity index is 2.36. The highest BCUT2D eigenvalue weighted by Crippen LogP contribution is 2.15. The number of carbonyl (C=O) groups excluding carboxylic acids is 1. The molecule has 0 amide bonds. The number of hydrogen-bond acceptors (Lipinski definition) is 5. The lowest BCUT2D eigenvalue weighted by Gasteiger charge is -2.07. The minimum absolute atomic E-state index is 0.302. The van der Waals surface area contributed by atoms with Crippen molar-refractivity contribution in [3.8, 4) is 11.8 Å². The van der Waals surface area contributed by atoms with Crippen molar-refractivity contribution in [2.24, 2.45) is 0 Å². The van der Waals surface area contributed by atoms with Gasteiger partial charge in [-0.3, -0.25) is 0 Å². The van der Waals surface area contributed by atoms with Crippen molar-refractivity contribution < 1.29 is 9.53 Å². The normalized spacial score (nSPS) is 10.1. The van der Waals surface area contributed by atoms with E-state index in [1.807, 2.05) is 26.0 Å². The molecule has 2 rings (SSSR count). The Morgan fingerprint density at radius 3 is 2.90 bits per heavy atom. The number of hydrogen-bond donors (Lipinski definition) is 0. The van der Waals surface area contributed by atoms with E-state index in [0.29, 0.717) is 30.0 Å². The summed E-state index contributed by atoms with van der Waals surface area (Å²) in [5.74, 6) is -0.364. The third kappa shape index (κ3) is 3.08. The van der Waals surface area contributed by atoms with Gasteiger partial charge in [0, 0.05) is 0 Å². The van der Waals surface area contributed by atoms with E-state index in [9.17, 15) is 4.79 Å². The van der Waals surface area contributed by atoms with E-state index < -0.39 is 0 Å². The van der Waals surface area contributed by atoms with Crippen LogP contribution in [0.5, 0.6) is 0 Å². The highest BCUT2D eigenvalue weighted by molar-refractivity contribution is 5.90. The number of esters is 1. The van der Waals surface area contributed by atoms with E-state index in [1.165, 1.54) is 0 Å². The zero-order valence-corrected chi connectivity index (χ0v) is 12.0. The molecule has 0 aliphatic rings. The molecule has 1 heterocycles. The minimum atomic E-state index is -0.364. The smallest absolute Gasteiger partial charge is 0.338 e. The van der Waals surface area contributed by atoms with E-state index in [4.69, 9.17) is 10.00 Å². The summed E-state index contributed by atoms with van der Waals surface area (Å²) in [7, 11) is 0. The number of nitriles is 1. The monoisotopic (exact) mass is 284 g/mol. The van der Waals surface area contributed by atoms with Gasteiger partial charge in [-0.15, -0.1) is 5.10 Å². The number of benzene rings is 1. The Kier molecular flexibility index (Phi) is 4.67. The van der Waals surface area contributed by atoms with Crippen molar-refractivity contribution in [2.45, 2.75) is 26.7 Å². The Morgan fingerprint density at radius 1 is 1.43 bits per heavy atom. The molecule has 0 saturated carbocycles. The summed E-state index contributed by atoms with van der Waals surface area (Å²) >= 11 is 0. The maximum absolute atomic E-state index is 11.9. The predicted molar refractivity (Wildman–Crippen MR) is 76.0 cm³/mol. The molecule has 6 nitrogen and oxygen atoms in total. The molecule has 1 aromatic carbocycles. The average molecular weight is 284 g/mol. The van der Waals surface area contributed by atoms with Gasteiger partial charge in [-0.25, -0.2) is 9.48 Å². The van der Waals surface area contributed by atoms with Crippen LogP contribution in [0.1, 0.15) is 42.0 Å². The molecule has 0 aliphatic carbocycles. The molecular formula is C15H16N4O2. The van der Waals surface area contributed by atoms with Gasteiger partial charge in [-0.1, -0.05) is 25.1 Å². The molecular weight excluding hydrogens is 268 g/mol. The summed E-state index contributed by atoms with van der Waals surface area (Å²) in [5.41, 5.74) is 2.16. The lowest BCUT2D eigenvalue weighted by atomic mass is 10.2. The second kappa shape index (κ2) is 6.66. The summed E-state index contributed by atoms with van der Waals surface area (Å²) < 4.78 is 6.69. The first-order chi connectivity index (χ1) is 10.2. The van der Waals surface area contributed by atoms with Crippen LogP contribution >= 0.6 is 0 Å². The molecule has 0 N–H and O–H groups in total. The molecule has 0 unspecified atom stereocenters. The molecule has 0 spiro atoms. The fraction of sp³-hybridized carbons (Fsp3) is 0.333. The van der Waals surface area contributed by atoms with E-state index in [1.54, 1.807) is 22.9 Å².